The summed E-state index contributed by atoms with van der Waals surface area (Å²) in [7, 11) is 0. The molecule has 2 aliphatic heterocycles. The summed E-state index contributed by atoms with van der Waals surface area (Å²) < 4.78 is 5.92. The number of pyridine rings is 1. The van der Waals surface area contributed by atoms with Gasteiger partial charge in [0, 0.05) is 18.3 Å². The van der Waals surface area contributed by atoms with Gasteiger partial charge in [-0.15, -0.1) is 0 Å². The van der Waals surface area contributed by atoms with Crippen LogP contribution in [0.5, 0.6) is 11.5 Å². The van der Waals surface area contributed by atoms with Crippen LogP contribution in [0.2, 0.25) is 0 Å². The summed E-state index contributed by atoms with van der Waals surface area (Å²) in [6.07, 6.45) is 10.3. The van der Waals surface area contributed by atoms with Crippen molar-refractivity contribution in [3.05, 3.63) is 54.4 Å². The molecule has 0 amide bonds. The summed E-state index contributed by atoms with van der Waals surface area (Å²) in [6, 6.07) is 13.6. The first kappa shape index (κ1) is 13.8. The zero-order valence-corrected chi connectivity index (χ0v) is 12.7. The lowest BCUT2D eigenvalue weighted by molar-refractivity contribution is 0.202. The molecule has 1 saturated carbocycles. The van der Waals surface area contributed by atoms with Crippen molar-refractivity contribution in [1.29, 1.82) is 0 Å². The molecule has 3 nitrogen and oxygen atoms in total. The van der Waals surface area contributed by atoms with E-state index in [2.05, 4.69) is 16.4 Å². The van der Waals surface area contributed by atoms with Crippen LogP contribution in [-0.2, 0) is 0 Å². The number of fused-ring (bicyclic) bond motifs is 4. The molecule has 2 atom stereocenters. The molecule has 0 spiro atoms. The Kier molecular flexibility index (Phi) is 3.81. The van der Waals surface area contributed by atoms with Crippen molar-refractivity contribution in [2.75, 3.05) is 0 Å². The second-order valence-electron chi connectivity index (χ2n) is 6.52. The minimum absolute atomic E-state index is 0.624. The maximum absolute atomic E-state index is 5.92. The van der Waals surface area contributed by atoms with E-state index in [1.54, 1.807) is 6.20 Å². The molecule has 1 N–H and O–H groups in total. The Morgan fingerprint density at radius 1 is 0.909 bits per heavy atom. The van der Waals surface area contributed by atoms with Gasteiger partial charge in [-0.1, -0.05) is 18.2 Å². The third-order valence-electron chi connectivity index (χ3n) is 4.95. The highest BCUT2D eigenvalue weighted by Gasteiger charge is 2.31. The van der Waals surface area contributed by atoms with Crippen molar-refractivity contribution in [1.82, 2.24) is 10.3 Å². The maximum Gasteiger partial charge on any atom is 0.145 e. The number of hydrogen-bond acceptors (Lipinski definition) is 3. The van der Waals surface area contributed by atoms with Crippen LogP contribution in [0.15, 0.2) is 48.8 Å². The molecule has 0 radical (unpaired) electrons. The van der Waals surface area contributed by atoms with Gasteiger partial charge in [-0.2, -0.15) is 0 Å². The van der Waals surface area contributed by atoms with E-state index in [4.69, 9.17) is 4.74 Å². The highest BCUT2D eigenvalue weighted by Crippen LogP contribution is 2.36. The van der Waals surface area contributed by atoms with Crippen molar-refractivity contribution in [2.24, 2.45) is 0 Å². The van der Waals surface area contributed by atoms with Crippen molar-refractivity contribution < 1.29 is 4.74 Å². The van der Waals surface area contributed by atoms with Crippen molar-refractivity contribution in [3.8, 4) is 11.5 Å². The summed E-state index contributed by atoms with van der Waals surface area (Å²) in [5.41, 5.74) is 1.33. The number of hydrogen-bond donors (Lipinski definition) is 1. The lowest BCUT2D eigenvalue weighted by atomic mass is 9.79. The predicted molar refractivity (Wildman–Crippen MR) is 87.3 cm³/mol. The molecule has 1 aromatic carbocycles. The summed E-state index contributed by atoms with van der Waals surface area (Å²) in [6.45, 7) is 0. The van der Waals surface area contributed by atoms with E-state index >= 15 is 0 Å². The van der Waals surface area contributed by atoms with Crippen LogP contribution in [0.4, 0.5) is 0 Å². The normalized spacial score (nSPS) is 27.4. The Hall–Kier alpha value is -1.87. The smallest absolute Gasteiger partial charge is 0.145 e. The van der Waals surface area contributed by atoms with Crippen LogP contribution in [0.1, 0.15) is 43.6 Å². The summed E-state index contributed by atoms with van der Waals surface area (Å²) in [5.74, 6) is 2.33. The molecule has 22 heavy (non-hydrogen) atoms. The summed E-state index contributed by atoms with van der Waals surface area (Å²) in [5, 5.41) is 3.66. The fourth-order valence-corrected chi connectivity index (χ4v) is 3.68. The SMILES string of the molecule is c1ccc(Oc2cncc(C3CCC4CC(CC3)N4)c2)cc1. The van der Waals surface area contributed by atoms with Gasteiger partial charge in [0.2, 0.25) is 0 Å². The largest absolute Gasteiger partial charge is 0.456 e. The van der Waals surface area contributed by atoms with E-state index in [0.717, 1.165) is 23.6 Å². The fourth-order valence-electron chi connectivity index (χ4n) is 3.68. The number of nitrogens with one attached hydrogen (secondary N) is 1. The first-order chi connectivity index (χ1) is 10.9. The van der Waals surface area contributed by atoms with Gasteiger partial charge >= 0.3 is 0 Å². The molecule has 1 aliphatic carbocycles. The molecule has 3 fully saturated rings. The van der Waals surface area contributed by atoms with Crippen molar-refractivity contribution >= 4 is 0 Å². The molecule has 2 saturated heterocycles. The van der Waals surface area contributed by atoms with Gasteiger partial charge in [-0.25, -0.2) is 0 Å². The third-order valence-corrected chi connectivity index (χ3v) is 4.95. The van der Waals surface area contributed by atoms with E-state index in [1.165, 1.54) is 37.7 Å². The summed E-state index contributed by atoms with van der Waals surface area (Å²) in [4.78, 5) is 4.40. The highest BCUT2D eigenvalue weighted by molar-refractivity contribution is 5.32. The lowest BCUT2D eigenvalue weighted by Crippen LogP contribution is -2.53. The Morgan fingerprint density at radius 2 is 1.64 bits per heavy atom. The van der Waals surface area contributed by atoms with Crippen molar-refractivity contribution in [2.45, 2.75) is 50.1 Å². The number of aromatic nitrogens is 1. The van der Waals surface area contributed by atoms with Gasteiger partial charge in [-0.3, -0.25) is 4.98 Å². The van der Waals surface area contributed by atoms with Crippen LogP contribution in [0, 0.1) is 0 Å². The van der Waals surface area contributed by atoms with Gasteiger partial charge < -0.3 is 10.1 Å². The molecule has 2 unspecified atom stereocenters. The molecule has 2 bridgehead atoms. The first-order valence-electron chi connectivity index (χ1n) is 8.31. The number of rotatable bonds is 3. The molecule has 2 aromatic rings. The lowest BCUT2D eigenvalue weighted by Gasteiger charge is -2.41. The Labute approximate surface area is 131 Å². The van der Waals surface area contributed by atoms with Gasteiger partial charge in [0.15, 0.2) is 0 Å². The Morgan fingerprint density at radius 3 is 2.36 bits per heavy atom. The molecular formula is C19H22N2O. The third kappa shape index (κ3) is 3.00. The Balaban J connectivity index is 1.48. The van der Waals surface area contributed by atoms with E-state index in [1.807, 2.05) is 36.5 Å². The van der Waals surface area contributed by atoms with Gasteiger partial charge in [0.05, 0.1) is 6.20 Å². The predicted octanol–water partition coefficient (Wildman–Crippen LogP) is 4.26. The molecule has 3 heterocycles. The van der Waals surface area contributed by atoms with Crippen LogP contribution in [0.25, 0.3) is 0 Å². The zero-order valence-electron chi connectivity index (χ0n) is 12.7. The maximum atomic E-state index is 5.92. The number of ether oxygens (including phenoxy) is 1. The molecule has 3 heteroatoms. The number of nitrogens with zero attached hydrogens (tertiary/aromatic N) is 1. The molecule has 5 rings (SSSR count). The molecule has 1 aromatic heterocycles. The van der Waals surface area contributed by atoms with Crippen LogP contribution in [0.3, 0.4) is 0 Å². The number of benzene rings is 1. The highest BCUT2D eigenvalue weighted by atomic mass is 16.5. The minimum Gasteiger partial charge on any atom is -0.456 e. The standard InChI is InChI=1S/C19H22N2O/c1-2-4-18(5-3-1)22-19-10-15(12-20-13-19)14-6-8-16-11-17(21-16)9-7-14/h1-5,10,12-14,16-17,21H,6-9,11H2. The van der Waals surface area contributed by atoms with E-state index in [-0.39, 0.29) is 0 Å². The summed E-state index contributed by atoms with van der Waals surface area (Å²) >= 11 is 0. The monoisotopic (exact) mass is 294 g/mol. The van der Waals surface area contributed by atoms with E-state index < -0.39 is 0 Å². The van der Waals surface area contributed by atoms with Crippen LogP contribution < -0.4 is 10.1 Å². The topological polar surface area (TPSA) is 34.1 Å². The van der Waals surface area contributed by atoms with Gasteiger partial charge in [0.25, 0.3) is 0 Å². The minimum atomic E-state index is 0.624. The second kappa shape index (κ2) is 6.09. The van der Waals surface area contributed by atoms with E-state index in [9.17, 15) is 0 Å². The van der Waals surface area contributed by atoms with Gasteiger partial charge in [-0.05, 0) is 61.8 Å². The van der Waals surface area contributed by atoms with Crippen LogP contribution in [-0.4, -0.2) is 17.1 Å². The van der Waals surface area contributed by atoms with Crippen LogP contribution >= 0.6 is 0 Å². The average molecular weight is 294 g/mol. The Bertz CT molecular complexity index is 610. The fraction of sp³-hybridized carbons (Fsp3) is 0.421. The van der Waals surface area contributed by atoms with Crippen molar-refractivity contribution in [3.63, 3.8) is 0 Å². The second-order valence-corrected chi connectivity index (χ2v) is 6.52. The quantitative estimate of drug-likeness (QED) is 0.918. The van der Waals surface area contributed by atoms with E-state index in [0.29, 0.717) is 5.92 Å². The first-order valence-corrected chi connectivity index (χ1v) is 8.31. The zero-order chi connectivity index (χ0) is 14.8. The molecule has 114 valence electrons. The number of para-hydroxylation sites is 1. The molecule has 3 aliphatic rings. The van der Waals surface area contributed by atoms with Gasteiger partial charge in [0.1, 0.15) is 11.5 Å². The average Bonchev–Trinajstić information content (AvgIpc) is 2.46. The molecular weight excluding hydrogens is 272 g/mol.